The highest BCUT2D eigenvalue weighted by Gasteiger charge is 2.31. The molecule has 128 valence electrons. The normalized spacial score (nSPS) is 11.7. The predicted octanol–water partition coefficient (Wildman–Crippen LogP) is 2.59. The topological polar surface area (TPSA) is 87.7 Å². The SMILES string of the molecule is CC(C)(NC(=O)NCCC(=O)O)c1ccc(OC(F)(F)F)cc1. The van der Waals surface area contributed by atoms with Gasteiger partial charge in [-0.1, -0.05) is 12.1 Å². The minimum atomic E-state index is -4.76. The van der Waals surface area contributed by atoms with Crippen molar-refractivity contribution in [3.63, 3.8) is 0 Å². The molecule has 0 saturated carbocycles. The quantitative estimate of drug-likeness (QED) is 0.746. The Morgan fingerprint density at radius 1 is 1.17 bits per heavy atom. The maximum atomic E-state index is 12.1. The number of carbonyl (C=O) groups excluding carboxylic acids is 1. The van der Waals surface area contributed by atoms with Crippen molar-refractivity contribution in [3.05, 3.63) is 29.8 Å². The molecule has 1 rings (SSSR count). The van der Waals surface area contributed by atoms with E-state index in [1.165, 1.54) is 12.1 Å². The highest BCUT2D eigenvalue weighted by molar-refractivity contribution is 5.76. The van der Waals surface area contributed by atoms with E-state index in [-0.39, 0.29) is 18.7 Å². The molecular weight excluding hydrogens is 317 g/mol. The average Bonchev–Trinajstić information content (AvgIpc) is 2.36. The van der Waals surface area contributed by atoms with Crippen molar-refractivity contribution in [2.45, 2.75) is 32.2 Å². The molecule has 0 atom stereocenters. The summed E-state index contributed by atoms with van der Waals surface area (Å²) < 4.78 is 40.1. The first-order valence-electron chi connectivity index (χ1n) is 6.64. The van der Waals surface area contributed by atoms with Crippen LogP contribution >= 0.6 is 0 Å². The van der Waals surface area contributed by atoms with Crippen molar-refractivity contribution >= 4 is 12.0 Å². The fourth-order valence-corrected chi connectivity index (χ4v) is 1.76. The summed E-state index contributed by atoms with van der Waals surface area (Å²) in [7, 11) is 0. The first-order valence-corrected chi connectivity index (χ1v) is 6.64. The lowest BCUT2D eigenvalue weighted by atomic mass is 9.94. The van der Waals surface area contributed by atoms with Gasteiger partial charge < -0.3 is 20.5 Å². The largest absolute Gasteiger partial charge is 0.573 e. The monoisotopic (exact) mass is 334 g/mol. The Labute approximate surface area is 130 Å². The lowest BCUT2D eigenvalue weighted by molar-refractivity contribution is -0.274. The van der Waals surface area contributed by atoms with Gasteiger partial charge in [-0.25, -0.2) is 4.79 Å². The molecule has 0 unspecified atom stereocenters. The van der Waals surface area contributed by atoms with E-state index in [0.717, 1.165) is 12.1 Å². The first kappa shape index (κ1) is 18.6. The Morgan fingerprint density at radius 3 is 2.22 bits per heavy atom. The van der Waals surface area contributed by atoms with Crippen LogP contribution in [-0.2, 0) is 10.3 Å². The molecule has 0 bridgehead atoms. The van der Waals surface area contributed by atoms with Gasteiger partial charge in [0.2, 0.25) is 0 Å². The Kier molecular flexibility index (Phi) is 5.83. The molecule has 3 N–H and O–H groups in total. The molecule has 1 aromatic carbocycles. The smallest absolute Gasteiger partial charge is 0.481 e. The zero-order valence-corrected chi connectivity index (χ0v) is 12.5. The van der Waals surface area contributed by atoms with Gasteiger partial charge in [0, 0.05) is 6.54 Å². The van der Waals surface area contributed by atoms with Crippen molar-refractivity contribution in [3.8, 4) is 5.75 Å². The molecule has 0 aliphatic rings. The van der Waals surface area contributed by atoms with E-state index in [1.54, 1.807) is 13.8 Å². The molecule has 0 aliphatic carbocycles. The molecule has 23 heavy (non-hydrogen) atoms. The average molecular weight is 334 g/mol. The Bertz CT molecular complexity index is 556. The fraction of sp³-hybridized carbons (Fsp3) is 0.429. The van der Waals surface area contributed by atoms with E-state index in [9.17, 15) is 22.8 Å². The lowest BCUT2D eigenvalue weighted by Gasteiger charge is -2.27. The van der Waals surface area contributed by atoms with Crippen LogP contribution < -0.4 is 15.4 Å². The van der Waals surface area contributed by atoms with Crippen molar-refractivity contribution < 1.29 is 32.6 Å². The summed E-state index contributed by atoms with van der Waals surface area (Å²) in [4.78, 5) is 22.0. The molecule has 0 spiro atoms. The number of aliphatic carboxylic acids is 1. The van der Waals surface area contributed by atoms with Gasteiger partial charge in [0.25, 0.3) is 0 Å². The predicted molar refractivity (Wildman–Crippen MR) is 74.9 cm³/mol. The van der Waals surface area contributed by atoms with Gasteiger partial charge >= 0.3 is 18.4 Å². The van der Waals surface area contributed by atoms with Crippen molar-refractivity contribution in [1.82, 2.24) is 10.6 Å². The highest BCUT2D eigenvalue weighted by Crippen LogP contribution is 2.26. The van der Waals surface area contributed by atoms with Crippen molar-refractivity contribution in [1.29, 1.82) is 0 Å². The zero-order valence-electron chi connectivity index (χ0n) is 12.5. The molecule has 2 amide bonds. The molecule has 0 fully saturated rings. The second kappa shape index (κ2) is 7.21. The van der Waals surface area contributed by atoms with E-state index in [0.29, 0.717) is 5.56 Å². The van der Waals surface area contributed by atoms with Crippen LogP contribution in [0.15, 0.2) is 24.3 Å². The third-order valence-corrected chi connectivity index (χ3v) is 2.86. The van der Waals surface area contributed by atoms with Crippen LogP contribution in [0.3, 0.4) is 0 Å². The fourth-order valence-electron chi connectivity index (χ4n) is 1.76. The van der Waals surface area contributed by atoms with Gasteiger partial charge in [-0.2, -0.15) is 0 Å². The number of carboxylic acids is 1. The molecule has 6 nitrogen and oxygen atoms in total. The third-order valence-electron chi connectivity index (χ3n) is 2.86. The Hall–Kier alpha value is -2.45. The number of halogens is 3. The molecule has 0 aliphatic heterocycles. The van der Waals surface area contributed by atoms with Crippen LogP contribution in [0.4, 0.5) is 18.0 Å². The summed E-state index contributed by atoms with van der Waals surface area (Å²) in [6.07, 6.45) is -4.98. The van der Waals surface area contributed by atoms with Gasteiger partial charge in [-0.15, -0.1) is 13.2 Å². The Morgan fingerprint density at radius 2 is 1.74 bits per heavy atom. The summed E-state index contributed by atoms with van der Waals surface area (Å²) in [5.41, 5.74) is -0.315. The number of hydrogen-bond acceptors (Lipinski definition) is 3. The minimum Gasteiger partial charge on any atom is -0.481 e. The Balaban J connectivity index is 2.65. The van der Waals surface area contributed by atoms with E-state index in [1.807, 2.05) is 0 Å². The van der Waals surface area contributed by atoms with Crippen LogP contribution in [0.25, 0.3) is 0 Å². The van der Waals surface area contributed by atoms with Gasteiger partial charge in [0.1, 0.15) is 5.75 Å². The maximum Gasteiger partial charge on any atom is 0.573 e. The van der Waals surface area contributed by atoms with E-state index >= 15 is 0 Å². The molecule has 0 saturated heterocycles. The van der Waals surface area contributed by atoms with Crippen LogP contribution in [0.5, 0.6) is 5.75 Å². The lowest BCUT2D eigenvalue weighted by Crippen LogP contribution is -2.46. The molecule has 9 heteroatoms. The van der Waals surface area contributed by atoms with E-state index in [2.05, 4.69) is 15.4 Å². The van der Waals surface area contributed by atoms with Gasteiger partial charge in [-0.3, -0.25) is 4.79 Å². The summed E-state index contributed by atoms with van der Waals surface area (Å²) in [5.74, 6) is -1.40. The molecular formula is C14H17F3N2O4. The highest BCUT2D eigenvalue weighted by atomic mass is 19.4. The summed E-state index contributed by atoms with van der Waals surface area (Å²) >= 11 is 0. The number of benzene rings is 1. The number of amides is 2. The molecule has 1 aromatic rings. The zero-order chi connectivity index (χ0) is 17.7. The molecule has 0 aromatic heterocycles. The standard InChI is InChI=1S/C14H17F3N2O4/c1-13(2,19-12(22)18-8-7-11(20)21)9-3-5-10(6-4-9)23-14(15,16)17/h3-6H,7-8H2,1-2H3,(H,20,21)(H2,18,19,22). The number of nitrogens with one attached hydrogen (secondary N) is 2. The van der Waals surface area contributed by atoms with Crippen LogP contribution in [0.1, 0.15) is 25.8 Å². The second-order valence-corrected chi connectivity index (χ2v) is 5.22. The third kappa shape index (κ3) is 6.90. The van der Waals surface area contributed by atoms with Crippen LogP contribution in [0, 0.1) is 0 Å². The molecule has 0 heterocycles. The summed E-state index contributed by atoms with van der Waals surface area (Å²) in [6, 6.07) is 4.52. The maximum absolute atomic E-state index is 12.1. The van der Waals surface area contributed by atoms with Crippen LogP contribution in [0.2, 0.25) is 0 Å². The number of ether oxygens (including phenoxy) is 1. The number of carboxylic acid groups (broad SMARTS) is 1. The van der Waals surface area contributed by atoms with E-state index in [4.69, 9.17) is 5.11 Å². The van der Waals surface area contributed by atoms with Gasteiger partial charge in [0.05, 0.1) is 12.0 Å². The van der Waals surface area contributed by atoms with Gasteiger partial charge in [-0.05, 0) is 31.5 Å². The summed E-state index contributed by atoms with van der Waals surface area (Å²) in [5, 5.41) is 13.5. The van der Waals surface area contributed by atoms with Gasteiger partial charge in [0.15, 0.2) is 0 Å². The number of alkyl halides is 3. The second-order valence-electron chi connectivity index (χ2n) is 5.22. The number of carbonyl (C=O) groups is 2. The van der Waals surface area contributed by atoms with Crippen LogP contribution in [-0.4, -0.2) is 30.0 Å². The molecule has 0 radical (unpaired) electrons. The summed E-state index contributed by atoms with van der Waals surface area (Å²) in [6.45, 7) is 3.28. The number of rotatable bonds is 6. The minimum absolute atomic E-state index is 0.0321. The number of hydrogen-bond donors (Lipinski definition) is 3. The number of urea groups is 1. The van der Waals surface area contributed by atoms with E-state index < -0.39 is 23.9 Å². The van der Waals surface area contributed by atoms with Crippen molar-refractivity contribution in [2.24, 2.45) is 0 Å². The van der Waals surface area contributed by atoms with Crippen molar-refractivity contribution in [2.75, 3.05) is 6.54 Å². The first-order chi connectivity index (χ1) is 10.5.